The second-order valence-corrected chi connectivity index (χ2v) is 8.90. The molecular weight excluding hydrogens is 342 g/mol. The summed E-state index contributed by atoms with van der Waals surface area (Å²) in [5.74, 6) is 1.09. The summed E-state index contributed by atoms with van der Waals surface area (Å²) in [5.41, 5.74) is 0. The van der Waals surface area contributed by atoms with Crippen molar-refractivity contribution in [2.75, 3.05) is 19.4 Å². The standard InChI is InChI=1S/C15H22ClNO3S2/c1-20-14-8-7-12(16)11-15(14)22(18,19)17-9-10-21-13-5-3-2-4-6-13/h7-8,11,13,17H,2-6,9-10H2,1H3. The Kier molecular flexibility index (Phi) is 6.87. The molecule has 0 atom stereocenters. The highest BCUT2D eigenvalue weighted by molar-refractivity contribution is 8.00. The number of sulfonamides is 1. The molecule has 0 amide bonds. The first-order valence-corrected chi connectivity index (χ1v) is 10.4. The first kappa shape index (κ1) is 17.9. The molecule has 0 spiro atoms. The molecule has 0 heterocycles. The van der Waals surface area contributed by atoms with Gasteiger partial charge in [-0.3, -0.25) is 0 Å². The van der Waals surface area contributed by atoms with Crippen LogP contribution in [0.1, 0.15) is 32.1 Å². The van der Waals surface area contributed by atoms with Gasteiger partial charge in [0.15, 0.2) is 0 Å². The van der Waals surface area contributed by atoms with Gasteiger partial charge < -0.3 is 4.74 Å². The fourth-order valence-corrected chi connectivity index (χ4v) is 5.38. The number of rotatable bonds is 7. The molecule has 0 radical (unpaired) electrons. The van der Waals surface area contributed by atoms with E-state index in [2.05, 4.69) is 4.72 Å². The first-order valence-electron chi connectivity index (χ1n) is 7.48. The summed E-state index contributed by atoms with van der Waals surface area (Å²) in [7, 11) is -2.16. The Morgan fingerprint density at radius 1 is 1.32 bits per heavy atom. The van der Waals surface area contributed by atoms with Gasteiger partial charge in [-0.15, -0.1) is 0 Å². The van der Waals surface area contributed by atoms with Gasteiger partial charge in [-0.2, -0.15) is 11.8 Å². The number of halogens is 1. The first-order chi connectivity index (χ1) is 10.5. The van der Waals surface area contributed by atoms with Gasteiger partial charge in [0.05, 0.1) is 7.11 Å². The third-order valence-corrected chi connectivity index (χ3v) is 6.82. The Balaban J connectivity index is 1.89. The van der Waals surface area contributed by atoms with E-state index in [9.17, 15) is 8.42 Å². The molecule has 1 aromatic carbocycles. The number of thioether (sulfide) groups is 1. The predicted molar refractivity (Wildman–Crippen MR) is 92.5 cm³/mol. The SMILES string of the molecule is COc1ccc(Cl)cc1S(=O)(=O)NCCSC1CCCCC1. The number of benzene rings is 1. The van der Waals surface area contributed by atoms with Crippen molar-refractivity contribution in [1.29, 1.82) is 0 Å². The zero-order chi connectivity index (χ0) is 16.0. The molecule has 124 valence electrons. The summed E-state index contributed by atoms with van der Waals surface area (Å²) in [6, 6.07) is 4.59. The molecular formula is C15H22ClNO3S2. The summed E-state index contributed by atoms with van der Waals surface area (Å²) < 4.78 is 32.4. The van der Waals surface area contributed by atoms with Gasteiger partial charge in [-0.1, -0.05) is 30.9 Å². The molecule has 7 heteroatoms. The highest BCUT2D eigenvalue weighted by Crippen LogP contribution is 2.29. The maximum Gasteiger partial charge on any atom is 0.244 e. The Morgan fingerprint density at radius 2 is 2.05 bits per heavy atom. The van der Waals surface area contributed by atoms with Crippen LogP contribution < -0.4 is 9.46 Å². The van der Waals surface area contributed by atoms with Crippen LogP contribution in [-0.2, 0) is 10.0 Å². The molecule has 1 N–H and O–H groups in total. The normalized spacial score (nSPS) is 16.6. The van der Waals surface area contributed by atoms with Crippen molar-refractivity contribution in [3.05, 3.63) is 23.2 Å². The average Bonchev–Trinajstić information content (AvgIpc) is 2.52. The van der Waals surface area contributed by atoms with Crippen molar-refractivity contribution in [1.82, 2.24) is 4.72 Å². The Labute approximate surface area is 142 Å². The van der Waals surface area contributed by atoms with E-state index in [1.807, 2.05) is 11.8 Å². The Hall–Kier alpha value is -0.430. The van der Waals surface area contributed by atoms with Gasteiger partial charge in [0.2, 0.25) is 10.0 Å². The minimum absolute atomic E-state index is 0.0881. The molecule has 2 rings (SSSR count). The fraction of sp³-hybridized carbons (Fsp3) is 0.600. The Morgan fingerprint density at radius 3 is 2.73 bits per heavy atom. The molecule has 1 saturated carbocycles. The molecule has 0 unspecified atom stereocenters. The van der Waals surface area contributed by atoms with Crippen LogP contribution in [0.5, 0.6) is 5.75 Å². The van der Waals surface area contributed by atoms with Crippen molar-refractivity contribution in [2.45, 2.75) is 42.2 Å². The number of methoxy groups -OCH3 is 1. The lowest BCUT2D eigenvalue weighted by Gasteiger charge is -2.21. The highest BCUT2D eigenvalue weighted by Gasteiger charge is 2.20. The molecule has 22 heavy (non-hydrogen) atoms. The third-order valence-electron chi connectivity index (χ3n) is 3.72. The quantitative estimate of drug-likeness (QED) is 0.750. The van der Waals surface area contributed by atoms with Gasteiger partial charge >= 0.3 is 0 Å². The molecule has 1 aliphatic rings. The molecule has 0 saturated heterocycles. The van der Waals surface area contributed by atoms with Crippen molar-refractivity contribution in [3.63, 3.8) is 0 Å². The number of hydrogen-bond donors (Lipinski definition) is 1. The van der Waals surface area contributed by atoms with E-state index in [0.29, 0.717) is 22.6 Å². The molecule has 1 aromatic rings. The van der Waals surface area contributed by atoms with Crippen molar-refractivity contribution in [2.24, 2.45) is 0 Å². The molecule has 1 fully saturated rings. The summed E-state index contributed by atoms with van der Waals surface area (Å²) in [5, 5.41) is 1.05. The molecule has 0 aromatic heterocycles. The lowest BCUT2D eigenvalue weighted by Crippen LogP contribution is -2.27. The Bertz CT molecular complexity index is 586. The predicted octanol–water partition coefficient (Wildman–Crippen LogP) is 3.69. The highest BCUT2D eigenvalue weighted by atomic mass is 35.5. The van der Waals surface area contributed by atoms with Crippen LogP contribution in [-0.4, -0.2) is 33.1 Å². The summed E-state index contributed by atoms with van der Waals surface area (Å²) in [6.45, 7) is 0.416. The maximum absolute atomic E-state index is 12.4. The van der Waals surface area contributed by atoms with E-state index in [4.69, 9.17) is 16.3 Å². The molecule has 0 aliphatic heterocycles. The van der Waals surface area contributed by atoms with Crippen molar-refractivity contribution >= 4 is 33.4 Å². The topological polar surface area (TPSA) is 55.4 Å². The fourth-order valence-electron chi connectivity index (χ4n) is 2.57. The van der Waals surface area contributed by atoms with Crippen LogP contribution in [0.2, 0.25) is 5.02 Å². The second kappa shape index (κ2) is 8.43. The summed E-state index contributed by atoms with van der Waals surface area (Å²) in [4.78, 5) is 0.0881. The molecule has 1 aliphatic carbocycles. The lowest BCUT2D eigenvalue weighted by molar-refractivity contribution is 0.402. The number of hydrogen-bond acceptors (Lipinski definition) is 4. The number of ether oxygens (including phenoxy) is 1. The average molecular weight is 364 g/mol. The van der Waals surface area contributed by atoms with Crippen LogP contribution in [0.4, 0.5) is 0 Å². The second-order valence-electron chi connectivity index (χ2n) is 5.32. The number of nitrogens with one attached hydrogen (secondary N) is 1. The molecule has 4 nitrogen and oxygen atoms in total. The van der Waals surface area contributed by atoms with Crippen molar-refractivity contribution < 1.29 is 13.2 Å². The summed E-state index contributed by atoms with van der Waals surface area (Å²) in [6.07, 6.45) is 6.42. The summed E-state index contributed by atoms with van der Waals surface area (Å²) >= 11 is 7.75. The minimum Gasteiger partial charge on any atom is -0.495 e. The van der Waals surface area contributed by atoms with Gasteiger partial charge in [0.25, 0.3) is 0 Å². The smallest absolute Gasteiger partial charge is 0.244 e. The van der Waals surface area contributed by atoms with Gasteiger partial charge in [0.1, 0.15) is 10.6 Å². The van der Waals surface area contributed by atoms with E-state index >= 15 is 0 Å². The third kappa shape index (κ3) is 5.05. The zero-order valence-corrected chi connectivity index (χ0v) is 15.1. The maximum atomic E-state index is 12.4. The monoisotopic (exact) mass is 363 g/mol. The van der Waals surface area contributed by atoms with Gasteiger partial charge in [-0.25, -0.2) is 13.1 Å². The van der Waals surface area contributed by atoms with E-state index in [-0.39, 0.29) is 4.90 Å². The molecule has 0 bridgehead atoms. The van der Waals surface area contributed by atoms with E-state index in [0.717, 1.165) is 5.75 Å². The van der Waals surface area contributed by atoms with E-state index < -0.39 is 10.0 Å². The largest absolute Gasteiger partial charge is 0.495 e. The van der Waals surface area contributed by atoms with Gasteiger partial charge in [-0.05, 0) is 31.0 Å². The lowest BCUT2D eigenvalue weighted by atomic mass is 10.0. The zero-order valence-electron chi connectivity index (χ0n) is 12.7. The van der Waals surface area contributed by atoms with E-state index in [1.54, 1.807) is 12.1 Å². The minimum atomic E-state index is -3.60. The van der Waals surface area contributed by atoms with E-state index in [1.165, 1.54) is 45.3 Å². The van der Waals surface area contributed by atoms with Crippen LogP contribution in [0.3, 0.4) is 0 Å². The van der Waals surface area contributed by atoms with Gasteiger partial charge in [0, 0.05) is 22.6 Å². The van der Waals surface area contributed by atoms with Crippen LogP contribution >= 0.6 is 23.4 Å². The van der Waals surface area contributed by atoms with Crippen molar-refractivity contribution in [3.8, 4) is 5.75 Å². The van der Waals surface area contributed by atoms with Crippen LogP contribution in [0.25, 0.3) is 0 Å². The van der Waals surface area contributed by atoms with Crippen LogP contribution in [0, 0.1) is 0 Å². The van der Waals surface area contributed by atoms with Crippen LogP contribution in [0.15, 0.2) is 23.1 Å².